The summed E-state index contributed by atoms with van der Waals surface area (Å²) in [6.45, 7) is 1.22. The van der Waals surface area contributed by atoms with Crippen molar-refractivity contribution in [2.45, 2.75) is 37.6 Å². The number of halogens is 2. The van der Waals surface area contributed by atoms with Crippen LogP contribution in [-0.4, -0.2) is 56.7 Å². The van der Waals surface area contributed by atoms with Crippen LogP contribution >= 0.6 is 0 Å². The molecule has 1 saturated carbocycles. The molecule has 3 aromatic rings. The Morgan fingerprint density at radius 3 is 2.93 bits per heavy atom. The number of ether oxygens (including phenoxy) is 1. The summed E-state index contributed by atoms with van der Waals surface area (Å²) in [6.07, 6.45) is 3.83. The highest BCUT2D eigenvalue weighted by Crippen LogP contribution is 2.43. The van der Waals surface area contributed by atoms with Crippen LogP contribution in [0.3, 0.4) is 0 Å². The number of nitrogens with one attached hydrogen (secondary N) is 2. The molecule has 0 aromatic carbocycles. The van der Waals surface area contributed by atoms with Gasteiger partial charge in [0.25, 0.3) is 6.43 Å². The average molecular weight is 401 g/mol. The number of fused-ring (bicyclic) bond motifs is 1. The van der Waals surface area contributed by atoms with Crippen LogP contribution in [0.2, 0.25) is 0 Å². The molecule has 2 fully saturated rings. The summed E-state index contributed by atoms with van der Waals surface area (Å²) >= 11 is 0. The molecule has 1 atom stereocenters. The number of hydrogen-bond donors (Lipinski definition) is 2. The summed E-state index contributed by atoms with van der Waals surface area (Å²) in [5.41, 5.74) is 2.64. The third kappa shape index (κ3) is 3.84. The highest BCUT2D eigenvalue weighted by molar-refractivity contribution is 5.61. The van der Waals surface area contributed by atoms with Crippen LogP contribution < -0.4 is 15.4 Å². The summed E-state index contributed by atoms with van der Waals surface area (Å²) in [5, 5.41) is 11.3. The maximum atomic E-state index is 12.6. The molecule has 0 radical (unpaired) electrons. The van der Waals surface area contributed by atoms with Gasteiger partial charge in [-0.15, -0.1) is 0 Å². The van der Waals surface area contributed by atoms with Crippen molar-refractivity contribution in [2.24, 2.45) is 0 Å². The van der Waals surface area contributed by atoms with E-state index in [0.717, 1.165) is 38.0 Å². The van der Waals surface area contributed by atoms with Gasteiger partial charge in [-0.1, -0.05) is 0 Å². The van der Waals surface area contributed by atoms with E-state index in [2.05, 4.69) is 30.7 Å². The zero-order valence-electron chi connectivity index (χ0n) is 15.7. The fraction of sp³-hybridized carbons (Fsp3) is 0.474. The number of nitrogens with zero attached hydrogens (tertiary/aromatic N) is 5. The lowest BCUT2D eigenvalue weighted by Crippen LogP contribution is -2.23. The van der Waals surface area contributed by atoms with Crippen molar-refractivity contribution < 1.29 is 13.5 Å². The predicted molar refractivity (Wildman–Crippen MR) is 102 cm³/mol. The van der Waals surface area contributed by atoms with Crippen LogP contribution in [0.4, 0.5) is 14.7 Å². The van der Waals surface area contributed by atoms with Gasteiger partial charge >= 0.3 is 0 Å². The summed E-state index contributed by atoms with van der Waals surface area (Å²) in [7, 11) is 0. The van der Waals surface area contributed by atoms with Crippen LogP contribution in [0.15, 0.2) is 24.5 Å². The van der Waals surface area contributed by atoms with E-state index in [-0.39, 0.29) is 5.92 Å². The Morgan fingerprint density at radius 1 is 1.28 bits per heavy atom. The van der Waals surface area contributed by atoms with E-state index in [1.165, 1.54) is 0 Å². The molecular weight excluding hydrogens is 380 g/mol. The lowest BCUT2D eigenvalue weighted by molar-refractivity contribution is 0.0811. The van der Waals surface area contributed by atoms with Gasteiger partial charge in [0, 0.05) is 30.8 Å². The molecule has 4 heterocycles. The van der Waals surface area contributed by atoms with Crippen LogP contribution in [0, 0.1) is 0 Å². The number of anilines is 1. The lowest BCUT2D eigenvalue weighted by Gasteiger charge is -2.12. The van der Waals surface area contributed by atoms with E-state index in [1.807, 2.05) is 0 Å². The summed E-state index contributed by atoms with van der Waals surface area (Å²) in [5.74, 6) is 1.18. The first kappa shape index (κ1) is 18.2. The molecule has 29 heavy (non-hydrogen) atoms. The Hall–Kier alpha value is -2.88. The van der Waals surface area contributed by atoms with E-state index in [0.29, 0.717) is 34.8 Å². The first-order chi connectivity index (χ1) is 14.2. The van der Waals surface area contributed by atoms with E-state index in [9.17, 15) is 8.78 Å². The SMILES string of the molecule is FC(F)COc1cc2ncc(-c3ccnc(NC4CCNC4)n3)n2nc1C1CC1. The molecule has 1 aliphatic heterocycles. The summed E-state index contributed by atoms with van der Waals surface area (Å²) in [6, 6.07) is 3.79. The van der Waals surface area contributed by atoms with Gasteiger partial charge in [0.05, 0.1) is 11.9 Å². The second-order valence-corrected chi connectivity index (χ2v) is 7.38. The zero-order valence-corrected chi connectivity index (χ0v) is 15.7. The van der Waals surface area contributed by atoms with E-state index in [1.54, 1.807) is 29.0 Å². The fourth-order valence-corrected chi connectivity index (χ4v) is 3.53. The van der Waals surface area contributed by atoms with Crippen LogP contribution in [0.1, 0.15) is 30.9 Å². The van der Waals surface area contributed by atoms with E-state index in [4.69, 9.17) is 4.74 Å². The van der Waals surface area contributed by atoms with Crippen LogP contribution in [0.25, 0.3) is 17.0 Å². The number of hydrogen-bond acceptors (Lipinski definition) is 7. The molecule has 1 unspecified atom stereocenters. The normalized spacial score (nSPS) is 19.2. The topological polar surface area (TPSA) is 89.3 Å². The lowest BCUT2D eigenvalue weighted by atomic mass is 10.2. The fourth-order valence-electron chi connectivity index (χ4n) is 3.53. The Balaban J connectivity index is 1.48. The van der Waals surface area contributed by atoms with Gasteiger partial charge < -0.3 is 15.4 Å². The molecule has 1 aliphatic carbocycles. The molecule has 2 N–H and O–H groups in total. The molecular formula is C19H21F2N7O. The Kier molecular flexibility index (Phi) is 4.70. The van der Waals surface area contributed by atoms with Crippen molar-refractivity contribution in [3.05, 3.63) is 30.2 Å². The Labute approximate surface area is 165 Å². The highest BCUT2D eigenvalue weighted by atomic mass is 19.3. The summed E-state index contributed by atoms with van der Waals surface area (Å²) < 4.78 is 32.2. The average Bonchev–Trinajstić information content (AvgIpc) is 3.28. The minimum Gasteiger partial charge on any atom is -0.485 e. The number of rotatable bonds is 7. The quantitative estimate of drug-likeness (QED) is 0.629. The van der Waals surface area contributed by atoms with E-state index < -0.39 is 13.0 Å². The molecule has 3 aromatic heterocycles. The van der Waals surface area contributed by atoms with Gasteiger partial charge in [0.1, 0.15) is 23.7 Å². The molecule has 10 heteroatoms. The van der Waals surface area contributed by atoms with Gasteiger partial charge in [-0.2, -0.15) is 5.10 Å². The predicted octanol–water partition coefficient (Wildman–Crippen LogP) is 2.48. The second-order valence-electron chi connectivity index (χ2n) is 7.38. The maximum Gasteiger partial charge on any atom is 0.272 e. The van der Waals surface area contributed by atoms with Crippen molar-refractivity contribution >= 4 is 11.6 Å². The van der Waals surface area contributed by atoms with Gasteiger partial charge in [-0.05, 0) is 31.9 Å². The smallest absolute Gasteiger partial charge is 0.272 e. The Morgan fingerprint density at radius 2 is 2.17 bits per heavy atom. The van der Waals surface area contributed by atoms with E-state index >= 15 is 0 Å². The Bertz CT molecular complexity index is 1010. The molecule has 0 amide bonds. The second kappa shape index (κ2) is 7.51. The highest BCUT2D eigenvalue weighted by Gasteiger charge is 2.30. The molecule has 152 valence electrons. The van der Waals surface area contributed by atoms with Crippen molar-refractivity contribution in [1.82, 2.24) is 29.9 Å². The van der Waals surface area contributed by atoms with Gasteiger partial charge in [0.15, 0.2) is 5.65 Å². The first-order valence-electron chi connectivity index (χ1n) is 9.77. The largest absolute Gasteiger partial charge is 0.485 e. The third-order valence-corrected chi connectivity index (χ3v) is 5.13. The van der Waals surface area contributed by atoms with Crippen molar-refractivity contribution in [1.29, 1.82) is 0 Å². The minimum absolute atomic E-state index is 0.236. The van der Waals surface area contributed by atoms with Crippen LogP contribution in [0.5, 0.6) is 5.75 Å². The minimum atomic E-state index is -2.53. The molecule has 1 saturated heterocycles. The molecule has 0 spiro atoms. The third-order valence-electron chi connectivity index (χ3n) is 5.13. The standard InChI is InChI=1S/C19H21F2N7O/c20-16(21)10-29-15-7-17-24-9-14(28(17)27-18(15)11-1-2-11)13-4-6-23-19(26-13)25-12-3-5-22-8-12/h4,6-7,9,11-12,16,22H,1-3,5,8,10H2,(H,23,25,26). The van der Waals surface area contributed by atoms with Gasteiger partial charge in [-0.3, -0.25) is 0 Å². The van der Waals surface area contributed by atoms with Crippen molar-refractivity contribution in [3.63, 3.8) is 0 Å². The number of alkyl halides is 2. The van der Waals surface area contributed by atoms with Gasteiger partial charge in [0.2, 0.25) is 5.95 Å². The summed E-state index contributed by atoms with van der Waals surface area (Å²) in [4.78, 5) is 13.3. The molecule has 8 nitrogen and oxygen atoms in total. The number of imidazole rings is 1. The maximum absolute atomic E-state index is 12.6. The van der Waals surface area contributed by atoms with Crippen molar-refractivity contribution in [3.8, 4) is 17.1 Å². The number of aromatic nitrogens is 5. The van der Waals surface area contributed by atoms with Gasteiger partial charge in [-0.25, -0.2) is 28.2 Å². The van der Waals surface area contributed by atoms with Crippen molar-refractivity contribution in [2.75, 3.05) is 25.0 Å². The molecule has 5 rings (SSSR count). The zero-order chi connectivity index (χ0) is 19.8. The molecule has 2 aliphatic rings. The van der Waals surface area contributed by atoms with Crippen LogP contribution in [-0.2, 0) is 0 Å². The first-order valence-corrected chi connectivity index (χ1v) is 9.77. The monoisotopic (exact) mass is 401 g/mol. The molecule has 0 bridgehead atoms.